The fourth-order valence-electron chi connectivity index (χ4n) is 1.72. The van der Waals surface area contributed by atoms with Crippen LogP contribution in [0.25, 0.3) is 0 Å². The molecule has 1 N–H and O–H groups in total. The second-order valence-electron chi connectivity index (χ2n) is 4.00. The third-order valence-corrected chi connectivity index (χ3v) is 2.77. The van der Waals surface area contributed by atoms with Gasteiger partial charge in [-0.2, -0.15) is 0 Å². The number of aryl methyl sites for hydroxylation is 1. The summed E-state index contributed by atoms with van der Waals surface area (Å²) in [5, 5.41) is 8.70. The van der Waals surface area contributed by atoms with Gasteiger partial charge in [0.15, 0.2) is 0 Å². The maximum Gasteiger partial charge on any atom is 0.308 e. The SMILES string of the molecule is CCC(C)n1c(C)ccc(CC(=O)O)c1=O. The van der Waals surface area contributed by atoms with Gasteiger partial charge in [-0.3, -0.25) is 9.59 Å². The summed E-state index contributed by atoms with van der Waals surface area (Å²) in [6, 6.07) is 3.50. The first-order valence-electron chi connectivity index (χ1n) is 5.40. The number of pyridine rings is 1. The van der Waals surface area contributed by atoms with E-state index in [2.05, 4.69) is 0 Å². The molecule has 16 heavy (non-hydrogen) atoms. The number of hydrogen-bond acceptors (Lipinski definition) is 2. The van der Waals surface area contributed by atoms with Crippen molar-refractivity contribution in [3.8, 4) is 0 Å². The smallest absolute Gasteiger partial charge is 0.308 e. The summed E-state index contributed by atoms with van der Waals surface area (Å²) >= 11 is 0. The number of carboxylic acids is 1. The van der Waals surface area contributed by atoms with Crippen LogP contribution in [0.2, 0.25) is 0 Å². The van der Waals surface area contributed by atoms with Gasteiger partial charge >= 0.3 is 5.97 Å². The van der Waals surface area contributed by atoms with E-state index < -0.39 is 5.97 Å². The lowest BCUT2D eigenvalue weighted by molar-refractivity contribution is -0.136. The number of carboxylic acid groups (broad SMARTS) is 1. The molecule has 0 fully saturated rings. The molecule has 0 bridgehead atoms. The van der Waals surface area contributed by atoms with Crippen molar-refractivity contribution in [1.29, 1.82) is 0 Å². The first kappa shape index (κ1) is 12.5. The van der Waals surface area contributed by atoms with E-state index >= 15 is 0 Å². The Balaban J connectivity index is 3.27. The van der Waals surface area contributed by atoms with Crippen LogP contribution in [-0.4, -0.2) is 15.6 Å². The second-order valence-corrected chi connectivity index (χ2v) is 4.00. The number of aromatic nitrogens is 1. The van der Waals surface area contributed by atoms with Crippen LogP contribution in [0.5, 0.6) is 0 Å². The van der Waals surface area contributed by atoms with Crippen molar-refractivity contribution in [3.05, 3.63) is 33.7 Å². The molecule has 1 aromatic heterocycles. The van der Waals surface area contributed by atoms with Crippen molar-refractivity contribution >= 4 is 5.97 Å². The van der Waals surface area contributed by atoms with Crippen LogP contribution in [0.4, 0.5) is 0 Å². The summed E-state index contributed by atoms with van der Waals surface area (Å²) in [7, 11) is 0. The van der Waals surface area contributed by atoms with Gasteiger partial charge in [0.05, 0.1) is 6.42 Å². The van der Waals surface area contributed by atoms with Gasteiger partial charge in [-0.15, -0.1) is 0 Å². The van der Waals surface area contributed by atoms with E-state index in [9.17, 15) is 9.59 Å². The van der Waals surface area contributed by atoms with Crippen molar-refractivity contribution in [1.82, 2.24) is 4.57 Å². The molecular formula is C12H17NO3. The Labute approximate surface area is 94.5 Å². The summed E-state index contributed by atoms with van der Waals surface area (Å²) in [5.74, 6) is -0.975. The molecule has 0 aromatic carbocycles. The molecule has 88 valence electrons. The Kier molecular flexibility index (Phi) is 3.88. The highest BCUT2D eigenvalue weighted by Gasteiger charge is 2.12. The number of rotatable bonds is 4. The summed E-state index contributed by atoms with van der Waals surface area (Å²) in [4.78, 5) is 22.6. The fraction of sp³-hybridized carbons (Fsp3) is 0.500. The first-order chi connectivity index (χ1) is 7.47. The monoisotopic (exact) mass is 223 g/mol. The van der Waals surface area contributed by atoms with Crippen LogP contribution in [0, 0.1) is 6.92 Å². The van der Waals surface area contributed by atoms with Gasteiger partial charge < -0.3 is 9.67 Å². The van der Waals surface area contributed by atoms with Crippen LogP contribution in [-0.2, 0) is 11.2 Å². The maximum atomic E-state index is 12.0. The normalized spacial score (nSPS) is 12.4. The van der Waals surface area contributed by atoms with Gasteiger partial charge in [0.25, 0.3) is 5.56 Å². The topological polar surface area (TPSA) is 59.3 Å². The number of carbonyl (C=O) groups is 1. The molecule has 0 aliphatic rings. The molecule has 0 saturated carbocycles. The fourth-order valence-corrected chi connectivity index (χ4v) is 1.72. The minimum Gasteiger partial charge on any atom is -0.481 e. The van der Waals surface area contributed by atoms with Gasteiger partial charge in [0.2, 0.25) is 0 Å². The molecule has 0 amide bonds. The van der Waals surface area contributed by atoms with Crippen LogP contribution in [0.15, 0.2) is 16.9 Å². The van der Waals surface area contributed by atoms with E-state index in [4.69, 9.17) is 5.11 Å². The predicted molar refractivity (Wildman–Crippen MR) is 61.8 cm³/mol. The van der Waals surface area contributed by atoms with Gasteiger partial charge in [-0.25, -0.2) is 0 Å². The van der Waals surface area contributed by atoms with Gasteiger partial charge in [0, 0.05) is 17.3 Å². The first-order valence-corrected chi connectivity index (χ1v) is 5.40. The molecule has 1 atom stereocenters. The summed E-state index contributed by atoms with van der Waals surface area (Å²) in [6.07, 6.45) is 0.632. The molecule has 1 heterocycles. The standard InChI is InChI=1S/C12H17NO3/c1-4-8(2)13-9(3)5-6-10(12(13)16)7-11(14)15/h5-6,8H,4,7H2,1-3H3,(H,14,15). The maximum absolute atomic E-state index is 12.0. The Morgan fingerprint density at radius 1 is 1.50 bits per heavy atom. The molecule has 1 unspecified atom stereocenters. The number of aliphatic carboxylic acids is 1. The zero-order chi connectivity index (χ0) is 12.3. The highest BCUT2D eigenvalue weighted by atomic mass is 16.4. The molecule has 0 aliphatic carbocycles. The van der Waals surface area contributed by atoms with E-state index in [1.165, 1.54) is 0 Å². The highest BCUT2D eigenvalue weighted by Crippen LogP contribution is 2.11. The summed E-state index contributed by atoms with van der Waals surface area (Å²) in [6.45, 7) is 5.82. The van der Waals surface area contributed by atoms with Crippen LogP contribution in [0.1, 0.15) is 37.6 Å². The van der Waals surface area contributed by atoms with Gasteiger partial charge in [-0.1, -0.05) is 13.0 Å². The minimum atomic E-state index is -0.975. The van der Waals surface area contributed by atoms with Crippen molar-refractivity contribution in [2.24, 2.45) is 0 Å². The van der Waals surface area contributed by atoms with E-state index in [0.717, 1.165) is 12.1 Å². The summed E-state index contributed by atoms with van der Waals surface area (Å²) in [5.41, 5.74) is 1.03. The quantitative estimate of drug-likeness (QED) is 0.846. The van der Waals surface area contributed by atoms with E-state index in [0.29, 0.717) is 5.56 Å². The van der Waals surface area contributed by atoms with Crippen LogP contribution < -0.4 is 5.56 Å². The molecule has 0 saturated heterocycles. The Bertz CT molecular complexity index is 448. The van der Waals surface area contributed by atoms with Gasteiger partial charge in [-0.05, 0) is 26.3 Å². The van der Waals surface area contributed by atoms with E-state index in [-0.39, 0.29) is 18.0 Å². The van der Waals surface area contributed by atoms with Crippen molar-refractivity contribution < 1.29 is 9.90 Å². The third kappa shape index (κ3) is 2.51. The average molecular weight is 223 g/mol. The van der Waals surface area contributed by atoms with Crippen molar-refractivity contribution in [2.45, 2.75) is 39.7 Å². The van der Waals surface area contributed by atoms with E-state index in [1.54, 1.807) is 16.7 Å². The summed E-state index contributed by atoms with van der Waals surface area (Å²) < 4.78 is 1.66. The molecule has 0 spiro atoms. The number of nitrogens with zero attached hydrogens (tertiary/aromatic N) is 1. The molecule has 4 nitrogen and oxygen atoms in total. The van der Waals surface area contributed by atoms with Crippen molar-refractivity contribution in [2.75, 3.05) is 0 Å². The minimum absolute atomic E-state index is 0.0984. The average Bonchev–Trinajstić information content (AvgIpc) is 2.21. The molecule has 4 heteroatoms. The highest BCUT2D eigenvalue weighted by molar-refractivity contribution is 5.69. The van der Waals surface area contributed by atoms with Crippen LogP contribution >= 0.6 is 0 Å². The van der Waals surface area contributed by atoms with E-state index in [1.807, 2.05) is 20.8 Å². The predicted octanol–water partition coefficient (Wildman–Crippen LogP) is 1.75. The van der Waals surface area contributed by atoms with Crippen LogP contribution in [0.3, 0.4) is 0 Å². The zero-order valence-corrected chi connectivity index (χ0v) is 9.86. The molecular weight excluding hydrogens is 206 g/mol. The third-order valence-electron chi connectivity index (χ3n) is 2.77. The largest absolute Gasteiger partial charge is 0.481 e. The Hall–Kier alpha value is -1.58. The van der Waals surface area contributed by atoms with Crippen molar-refractivity contribution in [3.63, 3.8) is 0 Å². The molecule has 0 aliphatic heterocycles. The van der Waals surface area contributed by atoms with Gasteiger partial charge in [0.1, 0.15) is 0 Å². The molecule has 0 radical (unpaired) electrons. The Morgan fingerprint density at radius 2 is 2.12 bits per heavy atom. The molecule has 1 rings (SSSR count). The lowest BCUT2D eigenvalue weighted by Gasteiger charge is -2.17. The lowest BCUT2D eigenvalue weighted by atomic mass is 10.1. The number of hydrogen-bond donors (Lipinski definition) is 1. The zero-order valence-electron chi connectivity index (χ0n) is 9.86. The Morgan fingerprint density at radius 3 is 2.62 bits per heavy atom. The lowest BCUT2D eigenvalue weighted by Crippen LogP contribution is -2.28. The molecule has 1 aromatic rings. The second kappa shape index (κ2) is 4.96.